The van der Waals surface area contributed by atoms with Gasteiger partial charge in [0.1, 0.15) is 0 Å². The van der Waals surface area contributed by atoms with Crippen molar-refractivity contribution in [1.82, 2.24) is 0 Å². The summed E-state index contributed by atoms with van der Waals surface area (Å²) in [6, 6.07) is 24.1. The molecule has 3 aromatic rings. The molecule has 0 amide bonds. The Kier molecular flexibility index (Phi) is 8.96. The molecule has 0 aromatic heterocycles. The summed E-state index contributed by atoms with van der Waals surface area (Å²) in [5.41, 5.74) is 4.85. The number of halogens is 1. The van der Waals surface area contributed by atoms with Gasteiger partial charge in [-0.25, -0.2) is 0 Å². The lowest BCUT2D eigenvalue weighted by Crippen LogP contribution is -2.29. The van der Waals surface area contributed by atoms with Crippen LogP contribution < -0.4 is 10.4 Å². The second-order valence-corrected chi connectivity index (χ2v) is 7.59. The molecule has 0 aliphatic rings. The Bertz CT molecular complexity index is 865. The van der Waals surface area contributed by atoms with Crippen molar-refractivity contribution in [2.24, 2.45) is 0 Å². The predicted molar refractivity (Wildman–Crippen MR) is 129 cm³/mol. The van der Waals surface area contributed by atoms with Gasteiger partial charge in [0.2, 0.25) is 0 Å². The van der Waals surface area contributed by atoms with Gasteiger partial charge in [-0.2, -0.15) is 0 Å². The molecule has 0 aliphatic carbocycles. The molecule has 152 valence electrons. The van der Waals surface area contributed by atoms with Crippen molar-refractivity contribution in [3.63, 3.8) is 0 Å². The monoisotopic (exact) mass is 453 g/mol. The van der Waals surface area contributed by atoms with E-state index in [4.69, 9.17) is 0 Å². The van der Waals surface area contributed by atoms with Crippen LogP contribution in [0.5, 0.6) is 0 Å². The lowest BCUT2D eigenvalue weighted by atomic mass is 9.80. The maximum absolute atomic E-state index is 9.36. The van der Waals surface area contributed by atoms with E-state index in [0.717, 1.165) is 28.0 Å². The fraction of sp³-hybridized carbons (Fsp3) is 0.250. The van der Waals surface area contributed by atoms with Crippen LogP contribution in [0.1, 0.15) is 45.6 Å². The van der Waals surface area contributed by atoms with E-state index in [-0.39, 0.29) is 0 Å². The number of rotatable bonds is 6. The fourth-order valence-electron chi connectivity index (χ4n) is 3.02. The van der Waals surface area contributed by atoms with Crippen LogP contribution in [0.15, 0.2) is 77.3 Å². The van der Waals surface area contributed by atoms with Crippen LogP contribution in [0.3, 0.4) is 0 Å². The molecule has 0 saturated carbocycles. The normalized spacial score (nSPS) is 11.3. The molecule has 2 N–H and O–H groups in total. The summed E-state index contributed by atoms with van der Waals surface area (Å²) in [7, 11) is -1.46. The molecule has 29 heavy (non-hydrogen) atoms. The summed E-state index contributed by atoms with van der Waals surface area (Å²) in [4.78, 5) is 2.15. The first-order valence-corrected chi connectivity index (χ1v) is 10.9. The SMILES string of the molecule is CC.CCC(C)c1ccc(N(c2ccc(Br)cc2)c2ccc(B(O)O)cc2)cc1. The highest BCUT2D eigenvalue weighted by Gasteiger charge is 2.15. The minimum atomic E-state index is -1.46. The van der Waals surface area contributed by atoms with Crippen molar-refractivity contribution >= 4 is 45.6 Å². The number of anilines is 3. The van der Waals surface area contributed by atoms with Gasteiger partial charge in [-0.05, 0) is 71.9 Å². The molecule has 3 aromatic carbocycles. The smallest absolute Gasteiger partial charge is 0.423 e. The first-order chi connectivity index (χ1) is 14.0. The van der Waals surface area contributed by atoms with E-state index in [2.05, 4.69) is 71.1 Å². The summed E-state index contributed by atoms with van der Waals surface area (Å²) in [5, 5.41) is 18.7. The second-order valence-electron chi connectivity index (χ2n) is 6.68. The van der Waals surface area contributed by atoms with Gasteiger partial charge in [0, 0.05) is 21.5 Å². The van der Waals surface area contributed by atoms with Crippen LogP contribution in [-0.2, 0) is 0 Å². The van der Waals surface area contributed by atoms with E-state index in [1.54, 1.807) is 12.1 Å². The summed E-state index contributed by atoms with van der Waals surface area (Å²) < 4.78 is 1.03. The van der Waals surface area contributed by atoms with Gasteiger partial charge in [-0.3, -0.25) is 0 Å². The zero-order chi connectivity index (χ0) is 21.4. The van der Waals surface area contributed by atoms with Gasteiger partial charge < -0.3 is 14.9 Å². The Labute approximate surface area is 183 Å². The summed E-state index contributed by atoms with van der Waals surface area (Å²) in [5.74, 6) is 0.533. The minimum absolute atomic E-state index is 0.474. The van der Waals surface area contributed by atoms with Gasteiger partial charge in [0.05, 0.1) is 0 Å². The van der Waals surface area contributed by atoms with E-state index >= 15 is 0 Å². The highest BCUT2D eigenvalue weighted by Crippen LogP contribution is 2.35. The molecule has 0 fully saturated rings. The average Bonchev–Trinajstić information content (AvgIpc) is 2.77. The minimum Gasteiger partial charge on any atom is -0.423 e. The maximum Gasteiger partial charge on any atom is 0.488 e. The molecule has 3 nitrogen and oxygen atoms in total. The van der Waals surface area contributed by atoms with Crippen LogP contribution in [0.25, 0.3) is 0 Å². The van der Waals surface area contributed by atoms with Crippen molar-refractivity contribution in [2.45, 2.75) is 40.0 Å². The van der Waals surface area contributed by atoms with Gasteiger partial charge in [-0.1, -0.05) is 67.9 Å². The van der Waals surface area contributed by atoms with E-state index < -0.39 is 7.12 Å². The average molecular weight is 454 g/mol. The number of nitrogens with zero attached hydrogens (tertiary/aromatic N) is 1. The molecule has 0 radical (unpaired) electrons. The molecule has 0 saturated heterocycles. The maximum atomic E-state index is 9.36. The Morgan fingerprint density at radius 1 is 0.793 bits per heavy atom. The standard InChI is InChI=1S/C22H23BBrNO2.C2H6/c1-3-16(2)17-4-10-20(11-5-17)25(22-14-8-19(24)9-15-22)21-12-6-18(7-13-21)23(26)27;1-2/h4-16,26-27H,3H2,1-2H3;1-2H3. The Morgan fingerprint density at radius 3 is 1.62 bits per heavy atom. The molecule has 5 heteroatoms. The lowest BCUT2D eigenvalue weighted by molar-refractivity contribution is 0.426. The topological polar surface area (TPSA) is 43.7 Å². The zero-order valence-corrected chi connectivity index (χ0v) is 19.1. The van der Waals surface area contributed by atoms with E-state index in [1.165, 1.54) is 5.56 Å². The third-order valence-corrected chi connectivity index (χ3v) is 5.40. The molecular formula is C24H29BBrNO2. The fourth-order valence-corrected chi connectivity index (χ4v) is 3.28. The number of hydrogen-bond acceptors (Lipinski definition) is 3. The van der Waals surface area contributed by atoms with Crippen LogP contribution in [0, 0.1) is 0 Å². The third kappa shape index (κ3) is 5.95. The second kappa shape index (κ2) is 11.2. The van der Waals surface area contributed by atoms with Crippen molar-refractivity contribution in [2.75, 3.05) is 4.90 Å². The van der Waals surface area contributed by atoms with E-state index in [0.29, 0.717) is 11.4 Å². The third-order valence-electron chi connectivity index (χ3n) is 4.87. The first-order valence-electron chi connectivity index (χ1n) is 10.1. The molecule has 3 rings (SSSR count). The predicted octanol–water partition coefficient (Wildman–Crippen LogP) is 6.14. The van der Waals surface area contributed by atoms with Crippen LogP contribution in [-0.4, -0.2) is 17.2 Å². The quantitative estimate of drug-likeness (QED) is 0.440. The first kappa shape index (κ1) is 23.2. The highest BCUT2D eigenvalue weighted by molar-refractivity contribution is 9.10. The summed E-state index contributed by atoms with van der Waals surface area (Å²) in [6.45, 7) is 8.43. The summed E-state index contributed by atoms with van der Waals surface area (Å²) in [6.07, 6.45) is 1.11. The van der Waals surface area contributed by atoms with Gasteiger partial charge in [0.25, 0.3) is 0 Å². The largest absolute Gasteiger partial charge is 0.488 e. The van der Waals surface area contributed by atoms with Gasteiger partial charge in [-0.15, -0.1) is 0 Å². The van der Waals surface area contributed by atoms with E-state index in [1.807, 2.05) is 38.1 Å². The Morgan fingerprint density at radius 2 is 1.21 bits per heavy atom. The van der Waals surface area contributed by atoms with Crippen molar-refractivity contribution in [3.8, 4) is 0 Å². The Balaban J connectivity index is 0.00000145. The van der Waals surface area contributed by atoms with Crippen molar-refractivity contribution < 1.29 is 10.0 Å². The van der Waals surface area contributed by atoms with Crippen LogP contribution in [0.4, 0.5) is 17.1 Å². The van der Waals surface area contributed by atoms with Crippen LogP contribution in [0.2, 0.25) is 0 Å². The molecule has 0 spiro atoms. The van der Waals surface area contributed by atoms with Gasteiger partial charge >= 0.3 is 7.12 Å². The highest BCUT2D eigenvalue weighted by atomic mass is 79.9. The molecule has 0 aliphatic heterocycles. The number of benzene rings is 3. The molecular weight excluding hydrogens is 425 g/mol. The summed E-state index contributed by atoms with van der Waals surface area (Å²) >= 11 is 3.49. The van der Waals surface area contributed by atoms with Gasteiger partial charge in [0.15, 0.2) is 0 Å². The lowest BCUT2D eigenvalue weighted by Gasteiger charge is -2.26. The molecule has 1 unspecified atom stereocenters. The van der Waals surface area contributed by atoms with Crippen molar-refractivity contribution in [1.29, 1.82) is 0 Å². The van der Waals surface area contributed by atoms with E-state index in [9.17, 15) is 10.0 Å². The number of hydrogen-bond donors (Lipinski definition) is 2. The van der Waals surface area contributed by atoms with Crippen LogP contribution >= 0.6 is 15.9 Å². The molecule has 0 bridgehead atoms. The molecule has 1 atom stereocenters. The Hall–Kier alpha value is -2.08. The van der Waals surface area contributed by atoms with Crippen molar-refractivity contribution in [3.05, 3.63) is 82.8 Å². The molecule has 0 heterocycles. The zero-order valence-electron chi connectivity index (χ0n) is 17.5.